The molecule has 0 fully saturated rings. The molecule has 1 aromatic heterocycles. The molecule has 1 amide bonds. The molecule has 19 heavy (non-hydrogen) atoms. The fourth-order valence-corrected chi connectivity index (χ4v) is 1.91. The van der Waals surface area contributed by atoms with E-state index >= 15 is 0 Å². The van der Waals surface area contributed by atoms with Gasteiger partial charge in [0.25, 0.3) is 5.91 Å². The molecule has 2 aromatic rings. The molecule has 6 heteroatoms. The zero-order valence-corrected chi connectivity index (χ0v) is 10.4. The first-order chi connectivity index (χ1) is 8.91. The average Bonchev–Trinajstić information content (AvgIpc) is 2.31. The third-order valence-corrected chi connectivity index (χ3v) is 2.81. The van der Waals surface area contributed by atoms with Crippen molar-refractivity contribution in [1.82, 2.24) is 10.2 Å². The molecule has 0 saturated heterocycles. The Balaban J connectivity index is 2.74. The van der Waals surface area contributed by atoms with Crippen LogP contribution < -0.4 is 5.73 Å². The predicted octanol–water partition coefficient (Wildman–Crippen LogP) is 1.70. The first-order valence-electron chi connectivity index (χ1n) is 5.54. The molecular weight excluding hydrogens is 249 g/mol. The molecule has 0 aliphatic carbocycles. The number of hydrogen-bond acceptors (Lipinski definition) is 4. The molecule has 5 nitrogen and oxygen atoms in total. The van der Waals surface area contributed by atoms with Gasteiger partial charge < -0.3 is 10.8 Å². The lowest BCUT2D eigenvalue weighted by molar-refractivity contribution is 0.0991. The largest absolute Gasteiger partial charge is 0.505 e. The number of amides is 1. The van der Waals surface area contributed by atoms with Crippen LogP contribution in [0.3, 0.4) is 0 Å². The van der Waals surface area contributed by atoms with E-state index in [0.717, 1.165) is 0 Å². The van der Waals surface area contributed by atoms with Crippen LogP contribution in [-0.4, -0.2) is 21.2 Å². The summed E-state index contributed by atoms with van der Waals surface area (Å²) in [5.41, 5.74) is 6.76. The number of halogens is 1. The molecule has 1 heterocycles. The first-order valence-corrected chi connectivity index (χ1v) is 5.54. The van der Waals surface area contributed by atoms with Crippen LogP contribution in [0.5, 0.6) is 5.75 Å². The summed E-state index contributed by atoms with van der Waals surface area (Å²) >= 11 is 0. The molecule has 2 rings (SSSR count). The summed E-state index contributed by atoms with van der Waals surface area (Å²) in [5.74, 6) is -1.59. The Morgan fingerprint density at radius 1 is 1.32 bits per heavy atom. The van der Waals surface area contributed by atoms with Gasteiger partial charge in [-0.3, -0.25) is 4.79 Å². The maximum Gasteiger partial charge on any atom is 0.273 e. The number of nitrogens with two attached hydrogens (primary N) is 1. The monoisotopic (exact) mass is 261 g/mol. The van der Waals surface area contributed by atoms with Crippen molar-refractivity contribution < 1.29 is 14.3 Å². The second-order valence-corrected chi connectivity index (χ2v) is 4.18. The number of aromatic hydroxyl groups is 1. The van der Waals surface area contributed by atoms with E-state index in [1.165, 1.54) is 18.2 Å². The van der Waals surface area contributed by atoms with Gasteiger partial charge in [0.15, 0.2) is 11.4 Å². The molecule has 0 radical (unpaired) electrons. The maximum atomic E-state index is 13.1. The molecule has 3 N–H and O–H groups in total. The third kappa shape index (κ3) is 2.24. The van der Waals surface area contributed by atoms with Crippen molar-refractivity contribution in [3.05, 3.63) is 41.0 Å². The Morgan fingerprint density at radius 2 is 2.00 bits per heavy atom. The number of nitrogens with zero attached hydrogens (tertiary/aromatic N) is 2. The second-order valence-electron chi connectivity index (χ2n) is 4.18. The van der Waals surface area contributed by atoms with Crippen LogP contribution in [0.15, 0.2) is 18.2 Å². The van der Waals surface area contributed by atoms with Gasteiger partial charge in [-0.25, -0.2) is 4.39 Å². The van der Waals surface area contributed by atoms with Crippen molar-refractivity contribution in [2.45, 2.75) is 13.8 Å². The summed E-state index contributed by atoms with van der Waals surface area (Å²) in [7, 11) is 0. The van der Waals surface area contributed by atoms with Gasteiger partial charge in [-0.05, 0) is 37.1 Å². The predicted molar refractivity (Wildman–Crippen MR) is 67.1 cm³/mol. The average molecular weight is 261 g/mol. The molecule has 0 aliphatic heterocycles. The SMILES string of the molecule is Cc1cc(F)ccc1-c1c(C)nnc(C(N)=O)c1O. The quantitative estimate of drug-likeness (QED) is 0.861. The first kappa shape index (κ1) is 12.9. The molecule has 0 aliphatic rings. The van der Waals surface area contributed by atoms with Crippen LogP contribution in [0.2, 0.25) is 0 Å². The number of aromatic nitrogens is 2. The van der Waals surface area contributed by atoms with Gasteiger partial charge in [-0.2, -0.15) is 5.10 Å². The molecule has 0 unspecified atom stereocenters. The van der Waals surface area contributed by atoms with Crippen molar-refractivity contribution in [2.24, 2.45) is 5.73 Å². The van der Waals surface area contributed by atoms with E-state index in [1.54, 1.807) is 13.8 Å². The summed E-state index contributed by atoms with van der Waals surface area (Å²) in [6.07, 6.45) is 0. The Bertz CT molecular complexity index is 671. The zero-order valence-electron chi connectivity index (χ0n) is 10.4. The summed E-state index contributed by atoms with van der Waals surface area (Å²) < 4.78 is 13.1. The molecule has 0 spiro atoms. The number of rotatable bonds is 2. The molecule has 0 saturated carbocycles. The Kier molecular flexibility index (Phi) is 3.16. The number of primary amides is 1. The van der Waals surface area contributed by atoms with Crippen LogP contribution in [0.25, 0.3) is 11.1 Å². The highest BCUT2D eigenvalue weighted by atomic mass is 19.1. The van der Waals surface area contributed by atoms with Crippen LogP contribution in [0.4, 0.5) is 4.39 Å². The van der Waals surface area contributed by atoms with Crippen molar-refractivity contribution in [3.63, 3.8) is 0 Å². The van der Waals surface area contributed by atoms with Gasteiger partial charge in [0, 0.05) is 5.56 Å². The molecule has 1 aromatic carbocycles. The minimum Gasteiger partial charge on any atom is -0.505 e. The van der Waals surface area contributed by atoms with Gasteiger partial charge in [-0.1, -0.05) is 6.07 Å². The van der Waals surface area contributed by atoms with E-state index in [4.69, 9.17) is 5.73 Å². The minimum absolute atomic E-state index is 0.302. The van der Waals surface area contributed by atoms with Gasteiger partial charge >= 0.3 is 0 Å². The Hall–Kier alpha value is -2.50. The Labute approximate surface area is 108 Å². The highest BCUT2D eigenvalue weighted by molar-refractivity contribution is 5.96. The van der Waals surface area contributed by atoms with E-state index in [2.05, 4.69) is 10.2 Å². The maximum absolute atomic E-state index is 13.1. The van der Waals surface area contributed by atoms with Gasteiger partial charge in [0.1, 0.15) is 5.82 Å². The fraction of sp³-hybridized carbons (Fsp3) is 0.154. The lowest BCUT2D eigenvalue weighted by atomic mass is 9.98. The number of carbonyl (C=O) groups excluding carboxylic acids is 1. The number of aryl methyl sites for hydroxylation is 2. The van der Waals surface area contributed by atoms with Crippen molar-refractivity contribution >= 4 is 5.91 Å². The smallest absolute Gasteiger partial charge is 0.273 e. The molecule has 98 valence electrons. The van der Waals surface area contributed by atoms with Crippen LogP contribution >= 0.6 is 0 Å². The molecule has 0 atom stereocenters. The fourth-order valence-electron chi connectivity index (χ4n) is 1.91. The minimum atomic E-state index is -0.869. The summed E-state index contributed by atoms with van der Waals surface area (Å²) in [5, 5.41) is 17.4. The summed E-state index contributed by atoms with van der Waals surface area (Å²) in [6.45, 7) is 3.33. The lowest BCUT2D eigenvalue weighted by Gasteiger charge is -2.11. The third-order valence-electron chi connectivity index (χ3n) is 2.81. The highest BCUT2D eigenvalue weighted by Crippen LogP contribution is 2.35. The van der Waals surface area contributed by atoms with Crippen molar-refractivity contribution in [2.75, 3.05) is 0 Å². The van der Waals surface area contributed by atoms with Crippen LogP contribution in [-0.2, 0) is 0 Å². The van der Waals surface area contributed by atoms with Crippen molar-refractivity contribution in [3.8, 4) is 16.9 Å². The normalized spacial score (nSPS) is 10.5. The second kappa shape index (κ2) is 4.64. The number of benzene rings is 1. The van der Waals surface area contributed by atoms with E-state index in [1.807, 2.05) is 0 Å². The topological polar surface area (TPSA) is 89.1 Å². The summed E-state index contributed by atoms with van der Waals surface area (Å²) in [4.78, 5) is 11.2. The van der Waals surface area contributed by atoms with Crippen LogP contribution in [0, 0.1) is 19.7 Å². The van der Waals surface area contributed by atoms with E-state index in [9.17, 15) is 14.3 Å². The highest BCUT2D eigenvalue weighted by Gasteiger charge is 2.19. The summed E-state index contributed by atoms with van der Waals surface area (Å²) in [6, 6.07) is 4.11. The van der Waals surface area contributed by atoms with E-state index < -0.39 is 5.91 Å². The Morgan fingerprint density at radius 3 is 2.58 bits per heavy atom. The molecular formula is C13H12FN3O2. The molecule has 0 bridgehead atoms. The van der Waals surface area contributed by atoms with Crippen molar-refractivity contribution in [1.29, 1.82) is 0 Å². The van der Waals surface area contributed by atoms with Gasteiger partial charge in [0.05, 0.1) is 5.69 Å². The van der Waals surface area contributed by atoms with E-state index in [0.29, 0.717) is 22.4 Å². The van der Waals surface area contributed by atoms with Crippen LogP contribution in [0.1, 0.15) is 21.7 Å². The van der Waals surface area contributed by atoms with Gasteiger partial charge in [0.2, 0.25) is 0 Å². The number of carbonyl (C=O) groups is 1. The standard InChI is InChI=1S/C13H12FN3O2/c1-6-5-8(14)3-4-9(6)10-7(2)16-17-11(12(10)18)13(15)19/h3-5H,1-2H3,(H2,15,19)(H,16,18). The van der Waals surface area contributed by atoms with E-state index in [-0.39, 0.29) is 17.3 Å². The zero-order chi connectivity index (χ0) is 14.2. The lowest BCUT2D eigenvalue weighted by Crippen LogP contribution is -2.15. The van der Waals surface area contributed by atoms with Gasteiger partial charge in [-0.15, -0.1) is 5.10 Å². The number of hydrogen-bond donors (Lipinski definition) is 2.